The van der Waals surface area contributed by atoms with Gasteiger partial charge in [0.1, 0.15) is 5.65 Å². The van der Waals surface area contributed by atoms with Gasteiger partial charge >= 0.3 is 0 Å². The Kier molecular flexibility index (Phi) is 6.05. The highest BCUT2D eigenvalue weighted by atomic mass is 19.2. The number of nitrogens with zero attached hydrogens (tertiary/aromatic N) is 2. The van der Waals surface area contributed by atoms with E-state index >= 15 is 0 Å². The monoisotopic (exact) mass is 427 g/mol. The molecule has 1 saturated carbocycles. The third kappa shape index (κ3) is 4.46. The molecule has 4 rings (SSSR count). The molecule has 164 valence electrons. The number of hydrogen-bond acceptors (Lipinski definition) is 3. The van der Waals surface area contributed by atoms with Gasteiger partial charge in [0.2, 0.25) is 5.91 Å². The van der Waals surface area contributed by atoms with Crippen LogP contribution < -0.4 is 5.32 Å². The number of aliphatic hydroxyl groups excluding tert-OH is 1. The number of carbonyl (C=O) groups is 1. The first-order valence-corrected chi connectivity index (χ1v) is 10.7. The molecular weight excluding hydrogens is 400 g/mol. The summed E-state index contributed by atoms with van der Waals surface area (Å²) in [4.78, 5) is 17.3. The summed E-state index contributed by atoms with van der Waals surface area (Å²) in [5, 5.41) is 13.9. The van der Waals surface area contributed by atoms with Crippen molar-refractivity contribution in [1.29, 1.82) is 0 Å². The number of fused-ring (bicyclic) bond motifs is 1. The molecule has 7 heteroatoms. The Morgan fingerprint density at radius 2 is 2.03 bits per heavy atom. The second-order valence-corrected chi connectivity index (χ2v) is 8.49. The number of amides is 1. The normalized spacial score (nSPS) is 19.0. The van der Waals surface area contributed by atoms with Crippen LogP contribution in [0.25, 0.3) is 11.0 Å². The minimum atomic E-state index is -0.877. The number of carbonyl (C=O) groups excluding carboxylic acids is 1. The third-order valence-electron chi connectivity index (χ3n) is 6.08. The molecule has 1 fully saturated rings. The number of halogens is 2. The highest BCUT2D eigenvalue weighted by Crippen LogP contribution is 2.27. The first-order valence-electron chi connectivity index (χ1n) is 10.7. The predicted octanol–water partition coefficient (Wildman–Crippen LogP) is 3.71. The van der Waals surface area contributed by atoms with Crippen LogP contribution in [-0.2, 0) is 24.7 Å². The molecule has 2 N–H and O–H groups in total. The zero-order valence-corrected chi connectivity index (χ0v) is 17.8. The van der Waals surface area contributed by atoms with Crippen LogP contribution in [0.15, 0.2) is 30.5 Å². The Morgan fingerprint density at radius 1 is 1.26 bits per heavy atom. The summed E-state index contributed by atoms with van der Waals surface area (Å²) in [5.74, 6) is -1.93. The van der Waals surface area contributed by atoms with E-state index in [-0.39, 0.29) is 30.4 Å². The zero-order valence-electron chi connectivity index (χ0n) is 17.8. The molecule has 2 heterocycles. The molecule has 3 aromatic rings. The van der Waals surface area contributed by atoms with E-state index in [1.54, 1.807) is 12.1 Å². The largest absolute Gasteiger partial charge is 0.391 e. The highest BCUT2D eigenvalue weighted by molar-refractivity contribution is 5.86. The van der Waals surface area contributed by atoms with Crippen molar-refractivity contribution in [2.45, 2.75) is 57.6 Å². The van der Waals surface area contributed by atoms with E-state index in [0.29, 0.717) is 17.8 Å². The molecule has 0 aliphatic heterocycles. The molecule has 0 unspecified atom stereocenters. The van der Waals surface area contributed by atoms with Gasteiger partial charge in [-0.15, -0.1) is 0 Å². The Morgan fingerprint density at radius 3 is 2.81 bits per heavy atom. The van der Waals surface area contributed by atoms with E-state index in [1.807, 2.05) is 24.7 Å². The van der Waals surface area contributed by atoms with Gasteiger partial charge in [-0.05, 0) is 48.6 Å². The Hall–Kier alpha value is -2.80. The molecule has 2 aromatic heterocycles. The number of aromatic nitrogens is 2. The maximum atomic E-state index is 14.3. The predicted molar refractivity (Wildman–Crippen MR) is 115 cm³/mol. The first-order chi connectivity index (χ1) is 14.8. The SMILES string of the molecule is Cc1cn(C)c2nc(CC(=O)N[C@H]3CCCC[C@@H]3O)cc(Cc3cccc(F)c3F)c12. The van der Waals surface area contributed by atoms with Crippen molar-refractivity contribution in [2.75, 3.05) is 0 Å². The summed E-state index contributed by atoms with van der Waals surface area (Å²) >= 11 is 0. The van der Waals surface area contributed by atoms with E-state index in [4.69, 9.17) is 0 Å². The topological polar surface area (TPSA) is 67.2 Å². The number of pyridine rings is 1. The van der Waals surface area contributed by atoms with Crippen LogP contribution in [0, 0.1) is 18.6 Å². The number of nitrogens with one attached hydrogen (secondary N) is 1. The van der Waals surface area contributed by atoms with Crippen LogP contribution in [0.4, 0.5) is 8.78 Å². The Labute approximate surface area is 180 Å². The molecule has 2 atom stereocenters. The molecule has 0 saturated heterocycles. The molecule has 31 heavy (non-hydrogen) atoms. The van der Waals surface area contributed by atoms with Crippen molar-refractivity contribution in [2.24, 2.45) is 7.05 Å². The fourth-order valence-electron chi connectivity index (χ4n) is 4.56. The van der Waals surface area contributed by atoms with Crippen molar-refractivity contribution >= 4 is 16.9 Å². The van der Waals surface area contributed by atoms with Crippen molar-refractivity contribution in [1.82, 2.24) is 14.9 Å². The lowest BCUT2D eigenvalue weighted by Crippen LogP contribution is -2.45. The fourth-order valence-corrected chi connectivity index (χ4v) is 4.56. The molecule has 1 amide bonds. The van der Waals surface area contributed by atoms with Crippen molar-refractivity contribution in [3.8, 4) is 0 Å². The van der Waals surface area contributed by atoms with Crippen LogP contribution in [0.2, 0.25) is 0 Å². The Bertz CT molecular complexity index is 1130. The van der Waals surface area contributed by atoms with E-state index in [0.717, 1.165) is 41.8 Å². The van der Waals surface area contributed by atoms with Gasteiger partial charge in [-0.25, -0.2) is 13.8 Å². The van der Waals surface area contributed by atoms with Crippen LogP contribution >= 0.6 is 0 Å². The Balaban J connectivity index is 1.64. The number of aryl methyl sites for hydroxylation is 2. The number of benzene rings is 1. The van der Waals surface area contributed by atoms with Gasteiger partial charge in [-0.2, -0.15) is 0 Å². The molecular formula is C24H27F2N3O2. The zero-order chi connectivity index (χ0) is 22.1. The van der Waals surface area contributed by atoms with E-state index in [2.05, 4.69) is 10.3 Å². The van der Waals surface area contributed by atoms with Crippen LogP contribution in [0.1, 0.15) is 48.1 Å². The van der Waals surface area contributed by atoms with Crippen LogP contribution in [0.3, 0.4) is 0 Å². The summed E-state index contributed by atoms with van der Waals surface area (Å²) in [6.07, 6.45) is 5.09. The van der Waals surface area contributed by atoms with Gasteiger partial charge in [0, 0.05) is 25.1 Å². The lowest BCUT2D eigenvalue weighted by Gasteiger charge is -2.28. The molecule has 0 bridgehead atoms. The highest BCUT2D eigenvalue weighted by Gasteiger charge is 2.25. The van der Waals surface area contributed by atoms with Gasteiger partial charge in [0.25, 0.3) is 0 Å². The average Bonchev–Trinajstić information content (AvgIpc) is 3.01. The second-order valence-electron chi connectivity index (χ2n) is 8.49. The van der Waals surface area contributed by atoms with E-state index in [9.17, 15) is 18.7 Å². The summed E-state index contributed by atoms with van der Waals surface area (Å²) in [6, 6.07) is 5.73. The molecule has 1 aromatic carbocycles. The maximum absolute atomic E-state index is 14.3. The first kappa shape index (κ1) is 21.4. The minimum absolute atomic E-state index is 0.0576. The van der Waals surface area contributed by atoms with Crippen molar-refractivity contribution in [3.63, 3.8) is 0 Å². The summed E-state index contributed by atoms with van der Waals surface area (Å²) in [7, 11) is 1.87. The average molecular weight is 427 g/mol. The standard InChI is InChI=1S/C24H27F2N3O2/c1-14-13-29(2)24-22(14)16(10-15-6-5-7-18(25)23(15)26)11-17(27-24)12-21(31)28-19-8-3-4-9-20(19)30/h5-7,11,13,19-20,30H,3-4,8-10,12H2,1-2H3,(H,28,31)/t19-,20-/m0/s1. The van der Waals surface area contributed by atoms with Crippen LogP contribution in [0.5, 0.6) is 0 Å². The molecule has 0 radical (unpaired) electrons. The summed E-state index contributed by atoms with van der Waals surface area (Å²) in [6.45, 7) is 1.95. The molecule has 5 nitrogen and oxygen atoms in total. The molecule has 1 aliphatic carbocycles. The van der Waals surface area contributed by atoms with Gasteiger partial charge in [0.15, 0.2) is 11.6 Å². The number of rotatable bonds is 5. The lowest BCUT2D eigenvalue weighted by atomic mass is 9.92. The summed E-state index contributed by atoms with van der Waals surface area (Å²) < 4.78 is 29.9. The van der Waals surface area contributed by atoms with Gasteiger partial charge in [0.05, 0.1) is 24.3 Å². The third-order valence-corrected chi connectivity index (χ3v) is 6.08. The summed E-state index contributed by atoms with van der Waals surface area (Å²) in [5.41, 5.74) is 3.30. The van der Waals surface area contributed by atoms with Crippen molar-refractivity contribution in [3.05, 3.63) is 64.5 Å². The number of aliphatic hydroxyl groups is 1. The smallest absolute Gasteiger partial charge is 0.226 e. The van der Waals surface area contributed by atoms with Crippen molar-refractivity contribution < 1.29 is 18.7 Å². The van der Waals surface area contributed by atoms with Gasteiger partial charge in [-0.1, -0.05) is 25.0 Å². The minimum Gasteiger partial charge on any atom is -0.391 e. The lowest BCUT2D eigenvalue weighted by molar-refractivity contribution is -0.122. The molecule has 1 aliphatic rings. The quantitative estimate of drug-likeness (QED) is 0.652. The second kappa shape index (κ2) is 8.75. The van der Waals surface area contributed by atoms with Gasteiger partial charge < -0.3 is 15.0 Å². The van der Waals surface area contributed by atoms with Gasteiger partial charge in [-0.3, -0.25) is 4.79 Å². The van der Waals surface area contributed by atoms with Crippen LogP contribution in [-0.4, -0.2) is 32.7 Å². The van der Waals surface area contributed by atoms with E-state index < -0.39 is 17.7 Å². The number of hydrogen-bond donors (Lipinski definition) is 2. The maximum Gasteiger partial charge on any atom is 0.226 e. The fraction of sp³-hybridized carbons (Fsp3) is 0.417. The van der Waals surface area contributed by atoms with E-state index in [1.165, 1.54) is 6.07 Å². The molecule has 0 spiro atoms.